The van der Waals surface area contributed by atoms with E-state index in [1.165, 1.54) is 12.8 Å². The van der Waals surface area contributed by atoms with Crippen molar-refractivity contribution in [2.75, 3.05) is 19.0 Å². The summed E-state index contributed by atoms with van der Waals surface area (Å²) in [4.78, 5) is 8.48. The molecule has 0 aromatic carbocycles. The Balaban J connectivity index is 1.94. The number of hydrogen-bond donors (Lipinski definition) is 1. The zero-order valence-electron chi connectivity index (χ0n) is 10.2. The molecule has 0 bridgehead atoms. The lowest BCUT2D eigenvalue weighted by molar-refractivity contribution is 0.396. The number of aromatic nitrogens is 2. The van der Waals surface area contributed by atoms with Gasteiger partial charge in [0.05, 0.1) is 7.11 Å². The Hall–Kier alpha value is -1.32. The van der Waals surface area contributed by atoms with Crippen LogP contribution in [0, 0.1) is 18.8 Å². The molecule has 1 aromatic heterocycles. The van der Waals surface area contributed by atoms with Crippen LogP contribution in [0.3, 0.4) is 0 Å². The molecular weight excluding hydrogens is 202 g/mol. The molecule has 4 heteroatoms. The molecule has 1 saturated carbocycles. The van der Waals surface area contributed by atoms with E-state index in [-0.39, 0.29) is 0 Å². The van der Waals surface area contributed by atoms with E-state index in [0.29, 0.717) is 5.88 Å². The van der Waals surface area contributed by atoms with Gasteiger partial charge in [-0.05, 0) is 31.6 Å². The molecule has 88 valence electrons. The topological polar surface area (TPSA) is 47.0 Å². The van der Waals surface area contributed by atoms with Gasteiger partial charge in [0.2, 0.25) is 5.88 Å². The Labute approximate surface area is 96.4 Å². The molecule has 1 heterocycles. The van der Waals surface area contributed by atoms with Crippen molar-refractivity contribution >= 4 is 5.82 Å². The molecular formula is C12H19N3O. The fraction of sp³-hybridized carbons (Fsp3) is 0.667. The van der Waals surface area contributed by atoms with Crippen LogP contribution in [-0.4, -0.2) is 23.6 Å². The second-order valence-electron chi connectivity index (χ2n) is 4.54. The quantitative estimate of drug-likeness (QED) is 0.828. The minimum Gasteiger partial charge on any atom is -0.481 e. The third-order valence-corrected chi connectivity index (χ3v) is 3.06. The maximum absolute atomic E-state index is 5.11. The van der Waals surface area contributed by atoms with Crippen molar-refractivity contribution in [2.24, 2.45) is 11.8 Å². The van der Waals surface area contributed by atoms with E-state index in [0.717, 1.165) is 30.0 Å². The van der Waals surface area contributed by atoms with Crippen molar-refractivity contribution in [3.05, 3.63) is 11.9 Å². The van der Waals surface area contributed by atoms with E-state index in [4.69, 9.17) is 4.74 Å². The summed E-state index contributed by atoms with van der Waals surface area (Å²) >= 11 is 0. The van der Waals surface area contributed by atoms with E-state index in [2.05, 4.69) is 22.2 Å². The van der Waals surface area contributed by atoms with E-state index in [1.807, 2.05) is 13.0 Å². The van der Waals surface area contributed by atoms with Gasteiger partial charge in [-0.2, -0.15) is 4.98 Å². The molecule has 4 nitrogen and oxygen atoms in total. The highest BCUT2D eigenvalue weighted by Gasteiger charge is 2.27. The van der Waals surface area contributed by atoms with Gasteiger partial charge in [0.25, 0.3) is 0 Å². The third kappa shape index (κ3) is 2.84. The molecule has 16 heavy (non-hydrogen) atoms. The Kier molecular flexibility index (Phi) is 3.27. The molecule has 0 saturated heterocycles. The van der Waals surface area contributed by atoms with Gasteiger partial charge >= 0.3 is 0 Å². The molecule has 0 spiro atoms. The summed E-state index contributed by atoms with van der Waals surface area (Å²) in [5.74, 6) is 3.85. The van der Waals surface area contributed by atoms with Crippen LogP contribution >= 0.6 is 0 Å². The van der Waals surface area contributed by atoms with E-state index in [1.54, 1.807) is 7.11 Å². The Morgan fingerprint density at radius 3 is 2.88 bits per heavy atom. The minimum absolute atomic E-state index is 0.620. The second kappa shape index (κ2) is 4.68. The molecule has 1 aliphatic carbocycles. The summed E-state index contributed by atoms with van der Waals surface area (Å²) in [7, 11) is 1.62. The van der Waals surface area contributed by atoms with Crippen LogP contribution in [0.25, 0.3) is 0 Å². The lowest BCUT2D eigenvalue weighted by Crippen LogP contribution is -2.14. The summed E-state index contributed by atoms with van der Waals surface area (Å²) in [5.41, 5.74) is 0. The maximum Gasteiger partial charge on any atom is 0.218 e. The predicted octanol–water partition coefficient (Wildman–Crippen LogP) is 2.25. The lowest BCUT2D eigenvalue weighted by Gasteiger charge is -2.12. The summed E-state index contributed by atoms with van der Waals surface area (Å²) < 4.78 is 5.11. The second-order valence-corrected chi connectivity index (χ2v) is 4.54. The SMILES string of the molecule is COc1cc(NCC(C)C2CC2)nc(C)n1. The van der Waals surface area contributed by atoms with Crippen LogP contribution in [0.4, 0.5) is 5.82 Å². The van der Waals surface area contributed by atoms with E-state index in [9.17, 15) is 0 Å². The number of hydrogen-bond acceptors (Lipinski definition) is 4. The molecule has 2 rings (SSSR count). The lowest BCUT2D eigenvalue weighted by atomic mass is 10.1. The summed E-state index contributed by atoms with van der Waals surface area (Å²) in [6.07, 6.45) is 2.77. The summed E-state index contributed by atoms with van der Waals surface area (Å²) in [6.45, 7) is 5.14. The van der Waals surface area contributed by atoms with Crippen LogP contribution in [0.1, 0.15) is 25.6 Å². The van der Waals surface area contributed by atoms with Gasteiger partial charge in [0.15, 0.2) is 0 Å². The maximum atomic E-state index is 5.11. The number of nitrogens with one attached hydrogen (secondary N) is 1. The van der Waals surface area contributed by atoms with Gasteiger partial charge in [-0.3, -0.25) is 0 Å². The minimum atomic E-state index is 0.620. The molecule has 1 aliphatic rings. The molecule has 1 aromatic rings. The monoisotopic (exact) mass is 221 g/mol. The first-order valence-corrected chi connectivity index (χ1v) is 5.82. The largest absolute Gasteiger partial charge is 0.481 e. The first-order chi connectivity index (χ1) is 7.69. The fourth-order valence-electron chi connectivity index (χ4n) is 1.83. The van der Waals surface area contributed by atoms with Crippen LogP contribution in [0.2, 0.25) is 0 Å². The van der Waals surface area contributed by atoms with E-state index >= 15 is 0 Å². The first kappa shape index (κ1) is 11.2. The number of rotatable bonds is 5. The molecule has 0 amide bonds. The molecule has 1 fully saturated rings. The van der Waals surface area contributed by atoms with Crippen LogP contribution < -0.4 is 10.1 Å². The van der Waals surface area contributed by atoms with Crippen LogP contribution in [-0.2, 0) is 0 Å². The van der Waals surface area contributed by atoms with Crippen molar-refractivity contribution < 1.29 is 4.74 Å². The van der Waals surface area contributed by atoms with Gasteiger partial charge in [0.1, 0.15) is 11.6 Å². The number of nitrogens with zero attached hydrogens (tertiary/aromatic N) is 2. The smallest absolute Gasteiger partial charge is 0.218 e. The standard InChI is InChI=1S/C12H19N3O/c1-8(10-4-5-10)7-13-11-6-12(16-3)15-9(2)14-11/h6,8,10H,4-5,7H2,1-3H3,(H,13,14,15). The number of methoxy groups -OCH3 is 1. The zero-order valence-corrected chi connectivity index (χ0v) is 10.2. The molecule has 1 N–H and O–H groups in total. The Morgan fingerprint density at radius 1 is 1.50 bits per heavy atom. The van der Waals surface area contributed by atoms with Gasteiger partial charge < -0.3 is 10.1 Å². The van der Waals surface area contributed by atoms with Crippen molar-refractivity contribution in [1.29, 1.82) is 0 Å². The van der Waals surface area contributed by atoms with E-state index < -0.39 is 0 Å². The highest BCUT2D eigenvalue weighted by molar-refractivity contribution is 5.38. The van der Waals surface area contributed by atoms with Gasteiger partial charge in [-0.1, -0.05) is 6.92 Å². The third-order valence-electron chi connectivity index (χ3n) is 3.06. The average molecular weight is 221 g/mol. The first-order valence-electron chi connectivity index (χ1n) is 5.82. The van der Waals surface area contributed by atoms with Gasteiger partial charge in [0, 0.05) is 12.6 Å². The average Bonchev–Trinajstić information content (AvgIpc) is 3.08. The summed E-state index contributed by atoms with van der Waals surface area (Å²) in [6, 6.07) is 1.84. The Morgan fingerprint density at radius 2 is 2.25 bits per heavy atom. The molecule has 1 unspecified atom stereocenters. The van der Waals surface area contributed by atoms with Crippen LogP contribution in [0.5, 0.6) is 5.88 Å². The number of aryl methyl sites for hydroxylation is 1. The molecule has 1 atom stereocenters. The van der Waals surface area contributed by atoms with Crippen molar-refractivity contribution in [1.82, 2.24) is 9.97 Å². The highest BCUT2D eigenvalue weighted by atomic mass is 16.5. The van der Waals surface area contributed by atoms with Gasteiger partial charge in [-0.15, -0.1) is 0 Å². The van der Waals surface area contributed by atoms with Gasteiger partial charge in [-0.25, -0.2) is 4.98 Å². The zero-order chi connectivity index (χ0) is 11.5. The molecule has 0 aliphatic heterocycles. The highest BCUT2D eigenvalue weighted by Crippen LogP contribution is 2.36. The molecule has 0 radical (unpaired) electrons. The van der Waals surface area contributed by atoms with Crippen molar-refractivity contribution in [3.8, 4) is 5.88 Å². The predicted molar refractivity (Wildman–Crippen MR) is 63.7 cm³/mol. The van der Waals surface area contributed by atoms with Crippen molar-refractivity contribution in [2.45, 2.75) is 26.7 Å². The summed E-state index contributed by atoms with van der Waals surface area (Å²) in [5, 5.41) is 3.35. The fourth-order valence-corrected chi connectivity index (χ4v) is 1.83. The van der Waals surface area contributed by atoms with Crippen LogP contribution in [0.15, 0.2) is 6.07 Å². The number of anilines is 1. The van der Waals surface area contributed by atoms with Crippen molar-refractivity contribution in [3.63, 3.8) is 0 Å². The Bertz CT molecular complexity index is 363. The normalized spacial score (nSPS) is 16.9. The number of ether oxygens (including phenoxy) is 1.